The number of nitrogens with one attached hydrogen (secondary N) is 1. The molecule has 2 N–H and O–H groups in total. The molecule has 1 saturated carbocycles. The van der Waals surface area contributed by atoms with Crippen LogP contribution in [0.15, 0.2) is 36.7 Å². The van der Waals surface area contributed by atoms with Gasteiger partial charge in [0.15, 0.2) is 0 Å². The highest BCUT2D eigenvalue weighted by molar-refractivity contribution is 5.92. The van der Waals surface area contributed by atoms with Gasteiger partial charge in [0.1, 0.15) is 17.3 Å². The molecule has 0 unspecified atom stereocenters. The average Bonchev–Trinajstić information content (AvgIpc) is 3.20. The van der Waals surface area contributed by atoms with Crippen LogP contribution in [0.25, 0.3) is 11.3 Å². The number of halogens is 2. The monoisotopic (exact) mass is 465 g/mol. The lowest BCUT2D eigenvalue weighted by molar-refractivity contribution is 0.0915. The summed E-state index contributed by atoms with van der Waals surface area (Å²) in [6.07, 6.45) is 4.62. The van der Waals surface area contributed by atoms with Crippen LogP contribution >= 0.6 is 0 Å². The Kier molecular flexibility index (Phi) is 5.20. The Morgan fingerprint density at radius 1 is 1.24 bits per heavy atom. The van der Waals surface area contributed by atoms with Gasteiger partial charge in [0, 0.05) is 12.2 Å². The molecule has 176 valence electrons. The molecule has 3 atom stereocenters. The van der Waals surface area contributed by atoms with Crippen LogP contribution in [-0.2, 0) is 5.41 Å². The van der Waals surface area contributed by atoms with E-state index < -0.39 is 29.0 Å². The van der Waals surface area contributed by atoms with Gasteiger partial charge < -0.3 is 10.4 Å². The number of carbonyl (C=O) groups excluding carboxylic acids is 1. The fourth-order valence-corrected chi connectivity index (χ4v) is 5.78. The molecular weight excluding hydrogens is 440 g/mol. The maximum absolute atomic E-state index is 14.4. The van der Waals surface area contributed by atoms with E-state index in [1.165, 1.54) is 24.4 Å². The number of hydrogen-bond donors (Lipinski definition) is 2. The molecule has 2 heterocycles. The largest absolute Gasteiger partial charge is 0.394 e. The molecular formula is C25H25F2N5O2. The van der Waals surface area contributed by atoms with Crippen molar-refractivity contribution in [2.45, 2.75) is 51.0 Å². The van der Waals surface area contributed by atoms with E-state index in [1.807, 2.05) is 0 Å². The van der Waals surface area contributed by atoms with Gasteiger partial charge in [-0.05, 0) is 54.9 Å². The first-order valence-corrected chi connectivity index (χ1v) is 11.3. The summed E-state index contributed by atoms with van der Waals surface area (Å²) in [5.41, 5.74) is 1.37. The summed E-state index contributed by atoms with van der Waals surface area (Å²) < 4.78 is 28.8. The summed E-state index contributed by atoms with van der Waals surface area (Å²) in [6, 6.07) is 5.05. The SMILES string of the molecule is C[C@@H](CO)NC(=O)c1cncc([C@@]23CC[C@@H](c4cc(-c5c(F)cccc5F)nnc42)C3(C)C)n1. The van der Waals surface area contributed by atoms with Gasteiger partial charge in [-0.3, -0.25) is 9.78 Å². The summed E-state index contributed by atoms with van der Waals surface area (Å²) in [5, 5.41) is 20.7. The third-order valence-corrected chi connectivity index (χ3v) is 7.56. The van der Waals surface area contributed by atoms with Gasteiger partial charge in [-0.2, -0.15) is 5.10 Å². The van der Waals surface area contributed by atoms with E-state index in [2.05, 4.69) is 39.3 Å². The molecule has 7 nitrogen and oxygen atoms in total. The van der Waals surface area contributed by atoms with Crippen LogP contribution in [0.3, 0.4) is 0 Å². The van der Waals surface area contributed by atoms with E-state index in [-0.39, 0.29) is 34.9 Å². The second-order valence-electron chi connectivity index (χ2n) is 9.70. The second kappa shape index (κ2) is 7.87. The van der Waals surface area contributed by atoms with Gasteiger partial charge in [-0.1, -0.05) is 19.9 Å². The summed E-state index contributed by atoms with van der Waals surface area (Å²) in [4.78, 5) is 21.6. The quantitative estimate of drug-likeness (QED) is 0.598. The maximum Gasteiger partial charge on any atom is 0.271 e. The molecule has 2 aromatic heterocycles. The van der Waals surface area contributed by atoms with Crippen molar-refractivity contribution < 1.29 is 18.7 Å². The second-order valence-corrected chi connectivity index (χ2v) is 9.70. The molecule has 9 heteroatoms. The number of fused-ring (bicyclic) bond motifs is 5. The number of aromatic nitrogens is 4. The van der Waals surface area contributed by atoms with Gasteiger partial charge in [0.05, 0.1) is 40.9 Å². The van der Waals surface area contributed by atoms with E-state index >= 15 is 0 Å². The summed E-state index contributed by atoms with van der Waals surface area (Å²) in [7, 11) is 0. The van der Waals surface area contributed by atoms with Crippen LogP contribution in [0.4, 0.5) is 8.78 Å². The van der Waals surface area contributed by atoms with Gasteiger partial charge in [-0.25, -0.2) is 13.8 Å². The van der Waals surface area contributed by atoms with Crippen LogP contribution in [0, 0.1) is 17.0 Å². The average molecular weight is 466 g/mol. The fourth-order valence-electron chi connectivity index (χ4n) is 5.78. The minimum absolute atomic E-state index is 0.0836. The molecule has 1 fully saturated rings. The van der Waals surface area contributed by atoms with E-state index in [0.29, 0.717) is 11.4 Å². The highest BCUT2D eigenvalue weighted by Gasteiger charge is 2.65. The number of rotatable bonds is 5. The summed E-state index contributed by atoms with van der Waals surface area (Å²) in [5.74, 6) is -1.71. The zero-order chi connectivity index (χ0) is 24.3. The molecule has 0 radical (unpaired) electrons. The Morgan fingerprint density at radius 3 is 2.68 bits per heavy atom. The number of aliphatic hydroxyl groups excluding tert-OH is 1. The Hall–Kier alpha value is -3.33. The van der Waals surface area contributed by atoms with Gasteiger partial charge >= 0.3 is 0 Å². The number of hydrogen-bond acceptors (Lipinski definition) is 6. The number of aliphatic hydroxyl groups is 1. The van der Waals surface area contributed by atoms with Crippen molar-refractivity contribution in [2.75, 3.05) is 6.61 Å². The topological polar surface area (TPSA) is 101 Å². The Morgan fingerprint density at radius 2 is 1.97 bits per heavy atom. The number of carbonyl (C=O) groups is 1. The zero-order valence-electron chi connectivity index (χ0n) is 19.1. The number of benzene rings is 1. The van der Waals surface area contributed by atoms with E-state index in [4.69, 9.17) is 0 Å². The van der Waals surface area contributed by atoms with Crippen LogP contribution in [-0.4, -0.2) is 43.8 Å². The van der Waals surface area contributed by atoms with Crippen LogP contribution in [0.5, 0.6) is 0 Å². The normalized spacial score (nSPS) is 22.9. The molecule has 5 rings (SSSR count). The van der Waals surface area contributed by atoms with Crippen molar-refractivity contribution in [3.63, 3.8) is 0 Å². The Balaban J connectivity index is 1.62. The predicted octanol–water partition coefficient (Wildman–Crippen LogP) is 3.53. The minimum atomic E-state index is -0.687. The van der Waals surface area contributed by atoms with Crippen molar-refractivity contribution in [3.8, 4) is 11.3 Å². The molecule has 2 aliphatic rings. The summed E-state index contributed by atoms with van der Waals surface area (Å²) in [6.45, 7) is 5.75. The predicted molar refractivity (Wildman–Crippen MR) is 120 cm³/mol. The van der Waals surface area contributed by atoms with E-state index in [0.717, 1.165) is 18.4 Å². The van der Waals surface area contributed by atoms with E-state index in [9.17, 15) is 18.7 Å². The minimum Gasteiger partial charge on any atom is -0.394 e. The van der Waals surface area contributed by atoms with Crippen LogP contribution < -0.4 is 5.32 Å². The molecule has 2 bridgehead atoms. The van der Waals surface area contributed by atoms with Crippen molar-refractivity contribution in [3.05, 3.63) is 70.9 Å². The van der Waals surface area contributed by atoms with Gasteiger partial charge in [0.2, 0.25) is 0 Å². The number of nitrogens with zero attached hydrogens (tertiary/aromatic N) is 4. The van der Waals surface area contributed by atoms with Crippen LogP contribution in [0.1, 0.15) is 67.0 Å². The molecule has 1 amide bonds. The van der Waals surface area contributed by atoms with Crippen molar-refractivity contribution in [1.82, 2.24) is 25.5 Å². The van der Waals surface area contributed by atoms with Crippen molar-refractivity contribution >= 4 is 5.91 Å². The lowest BCUT2D eigenvalue weighted by atomic mass is 9.66. The van der Waals surface area contributed by atoms with Crippen LogP contribution in [0.2, 0.25) is 0 Å². The van der Waals surface area contributed by atoms with Gasteiger partial charge in [-0.15, -0.1) is 5.10 Å². The zero-order valence-corrected chi connectivity index (χ0v) is 19.1. The lowest BCUT2D eigenvalue weighted by Crippen LogP contribution is -2.39. The first-order valence-electron chi connectivity index (χ1n) is 11.3. The Labute approximate surface area is 195 Å². The standard InChI is InChI=1S/C25H25F2N5O2/c1-13(12-33)29-23(34)19-10-28-11-20(30-19)25-8-7-15(24(25,2)3)14-9-18(31-32-22(14)25)21-16(26)5-4-6-17(21)27/h4-6,9-11,13,15,33H,7-8,12H2,1-3H3,(H,29,34)/t13-,15-,25-/m0/s1. The Bertz CT molecular complexity index is 1280. The van der Waals surface area contributed by atoms with Crippen molar-refractivity contribution in [2.24, 2.45) is 5.41 Å². The molecule has 34 heavy (non-hydrogen) atoms. The fraction of sp³-hybridized carbons (Fsp3) is 0.400. The first kappa shape index (κ1) is 22.5. The molecule has 3 aromatic rings. The molecule has 0 saturated heterocycles. The third-order valence-electron chi connectivity index (χ3n) is 7.56. The summed E-state index contributed by atoms with van der Waals surface area (Å²) >= 11 is 0. The van der Waals surface area contributed by atoms with Crippen molar-refractivity contribution in [1.29, 1.82) is 0 Å². The number of amides is 1. The van der Waals surface area contributed by atoms with Gasteiger partial charge in [0.25, 0.3) is 5.91 Å². The molecule has 0 aliphatic heterocycles. The van der Waals surface area contributed by atoms with E-state index in [1.54, 1.807) is 19.2 Å². The first-order chi connectivity index (χ1) is 16.2. The molecule has 1 aromatic carbocycles. The highest BCUT2D eigenvalue weighted by atomic mass is 19.1. The molecule has 0 spiro atoms. The smallest absolute Gasteiger partial charge is 0.271 e. The maximum atomic E-state index is 14.4. The molecule has 2 aliphatic carbocycles. The third kappa shape index (κ3) is 3.06. The lowest BCUT2D eigenvalue weighted by Gasteiger charge is -2.37. The highest BCUT2D eigenvalue weighted by Crippen LogP contribution is 2.69.